The van der Waals surface area contributed by atoms with Crippen LogP contribution < -0.4 is 5.32 Å². The molecule has 0 amide bonds. The molecule has 3 unspecified atom stereocenters. The average molecular weight is 222 g/mol. The number of fused-ring (bicyclic) bond motifs is 1. The second kappa shape index (κ2) is 5.05. The van der Waals surface area contributed by atoms with Gasteiger partial charge >= 0.3 is 0 Å². The van der Waals surface area contributed by atoms with Gasteiger partial charge < -0.3 is 10.2 Å². The topological polar surface area (TPSA) is 15.3 Å². The maximum Gasteiger partial charge on any atom is 0.0225 e. The number of nitrogens with zero attached hydrogens (tertiary/aromatic N) is 1. The molecule has 1 N–H and O–H groups in total. The zero-order chi connectivity index (χ0) is 10.8. The Morgan fingerprint density at radius 3 is 2.62 bits per heavy atom. The first kappa shape index (κ1) is 11.0. The standard InChI is InChI=1S/C14H26N2/c1-2-6-13-12(5-1)7-8-15-14(13)11-16-9-3-4-10-16/h12-15H,1-11H2. The smallest absolute Gasteiger partial charge is 0.0225 e. The molecule has 0 aromatic heterocycles. The minimum atomic E-state index is 0.817. The van der Waals surface area contributed by atoms with Gasteiger partial charge in [0.05, 0.1) is 0 Å². The zero-order valence-electron chi connectivity index (χ0n) is 10.5. The number of likely N-dealkylation sites (tertiary alicyclic amines) is 1. The van der Waals surface area contributed by atoms with Crippen LogP contribution in [0.1, 0.15) is 44.9 Å². The van der Waals surface area contributed by atoms with Gasteiger partial charge in [-0.15, -0.1) is 0 Å². The highest BCUT2D eigenvalue weighted by Crippen LogP contribution is 2.37. The minimum Gasteiger partial charge on any atom is -0.312 e. The van der Waals surface area contributed by atoms with Crippen LogP contribution in [-0.4, -0.2) is 37.1 Å². The molecule has 16 heavy (non-hydrogen) atoms. The van der Waals surface area contributed by atoms with E-state index in [2.05, 4.69) is 10.2 Å². The van der Waals surface area contributed by atoms with E-state index < -0.39 is 0 Å². The van der Waals surface area contributed by atoms with Crippen molar-refractivity contribution in [2.75, 3.05) is 26.2 Å². The molecule has 92 valence electrons. The van der Waals surface area contributed by atoms with Gasteiger partial charge in [-0.25, -0.2) is 0 Å². The number of rotatable bonds is 2. The van der Waals surface area contributed by atoms with Crippen LogP contribution in [0.4, 0.5) is 0 Å². The van der Waals surface area contributed by atoms with Crippen molar-refractivity contribution in [3.8, 4) is 0 Å². The number of hydrogen-bond donors (Lipinski definition) is 1. The highest BCUT2D eigenvalue weighted by Gasteiger charge is 2.35. The summed E-state index contributed by atoms with van der Waals surface area (Å²) in [6.45, 7) is 5.33. The molecule has 0 radical (unpaired) electrons. The van der Waals surface area contributed by atoms with E-state index in [1.54, 1.807) is 0 Å². The van der Waals surface area contributed by atoms with Crippen molar-refractivity contribution in [2.45, 2.75) is 51.0 Å². The van der Waals surface area contributed by atoms with E-state index in [4.69, 9.17) is 0 Å². The number of nitrogens with one attached hydrogen (secondary N) is 1. The van der Waals surface area contributed by atoms with E-state index in [-0.39, 0.29) is 0 Å². The van der Waals surface area contributed by atoms with Gasteiger partial charge in [0.15, 0.2) is 0 Å². The van der Waals surface area contributed by atoms with Crippen LogP contribution in [0, 0.1) is 11.8 Å². The Bertz CT molecular complexity index is 221. The summed E-state index contributed by atoms with van der Waals surface area (Å²) in [5, 5.41) is 3.80. The molecule has 3 fully saturated rings. The van der Waals surface area contributed by atoms with Crippen molar-refractivity contribution < 1.29 is 0 Å². The summed E-state index contributed by atoms with van der Waals surface area (Å²) in [4.78, 5) is 2.69. The molecule has 1 aliphatic carbocycles. The van der Waals surface area contributed by atoms with Gasteiger partial charge in [-0.1, -0.05) is 19.3 Å². The van der Waals surface area contributed by atoms with Crippen LogP contribution in [0.2, 0.25) is 0 Å². The van der Waals surface area contributed by atoms with Gasteiger partial charge in [0.2, 0.25) is 0 Å². The summed E-state index contributed by atoms with van der Waals surface area (Å²) in [6, 6.07) is 0.817. The lowest BCUT2D eigenvalue weighted by Gasteiger charge is -2.43. The van der Waals surface area contributed by atoms with Crippen molar-refractivity contribution in [1.29, 1.82) is 0 Å². The largest absolute Gasteiger partial charge is 0.312 e. The van der Waals surface area contributed by atoms with Gasteiger partial charge in [0, 0.05) is 12.6 Å². The monoisotopic (exact) mass is 222 g/mol. The van der Waals surface area contributed by atoms with Crippen molar-refractivity contribution in [2.24, 2.45) is 11.8 Å². The molecule has 2 saturated heterocycles. The van der Waals surface area contributed by atoms with Gasteiger partial charge in [-0.05, 0) is 57.2 Å². The molecule has 2 heteroatoms. The maximum absolute atomic E-state index is 3.80. The lowest BCUT2D eigenvalue weighted by Crippen LogP contribution is -2.52. The molecule has 3 atom stereocenters. The fourth-order valence-corrected chi connectivity index (χ4v) is 4.17. The second-order valence-corrected chi connectivity index (χ2v) is 6.07. The predicted molar refractivity (Wildman–Crippen MR) is 67.5 cm³/mol. The molecule has 3 aliphatic rings. The first-order valence-electron chi connectivity index (χ1n) is 7.39. The van der Waals surface area contributed by atoms with Crippen molar-refractivity contribution >= 4 is 0 Å². The van der Waals surface area contributed by atoms with E-state index >= 15 is 0 Å². The summed E-state index contributed by atoms with van der Waals surface area (Å²) < 4.78 is 0. The van der Waals surface area contributed by atoms with Gasteiger partial charge in [-0.2, -0.15) is 0 Å². The molecule has 0 bridgehead atoms. The zero-order valence-corrected chi connectivity index (χ0v) is 10.5. The van der Waals surface area contributed by atoms with Gasteiger partial charge in [0.1, 0.15) is 0 Å². The van der Waals surface area contributed by atoms with Crippen molar-refractivity contribution in [3.05, 3.63) is 0 Å². The highest BCUT2D eigenvalue weighted by atomic mass is 15.2. The molecule has 0 aromatic carbocycles. The Kier molecular flexibility index (Phi) is 3.49. The molecular formula is C14H26N2. The Labute approximate surface area is 99.8 Å². The Morgan fingerprint density at radius 1 is 0.938 bits per heavy atom. The van der Waals surface area contributed by atoms with Crippen LogP contribution in [0.15, 0.2) is 0 Å². The Hall–Kier alpha value is -0.0800. The molecule has 0 spiro atoms. The van der Waals surface area contributed by atoms with E-state index in [0.29, 0.717) is 0 Å². The quantitative estimate of drug-likeness (QED) is 0.771. The van der Waals surface area contributed by atoms with E-state index in [1.165, 1.54) is 71.1 Å². The number of hydrogen-bond acceptors (Lipinski definition) is 2. The van der Waals surface area contributed by atoms with E-state index in [1.807, 2.05) is 0 Å². The van der Waals surface area contributed by atoms with E-state index in [0.717, 1.165) is 17.9 Å². The summed E-state index contributed by atoms with van der Waals surface area (Å²) in [5.41, 5.74) is 0. The van der Waals surface area contributed by atoms with Gasteiger partial charge in [0.25, 0.3) is 0 Å². The fourth-order valence-electron chi connectivity index (χ4n) is 4.17. The lowest BCUT2D eigenvalue weighted by atomic mass is 9.71. The third kappa shape index (κ3) is 2.28. The first-order chi connectivity index (χ1) is 7.93. The van der Waals surface area contributed by atoms with Crippen LogP contribution in [0.3, 0.4) is 0 Å². The summed E-state index contributed by atoms with van der Waals surface area (Å²) >= 11 is 0. The molecule has 2 heterocycles. The second-order valence-electron chi connectivity index (χ2n) is 6.07. The van der Waals surface area contributed by atoms with E-state index in [9.17, 15) is 0 Å². The fraction of sp³-hybridized carbons (Fsp3) is 1.00. The van der Waals surface area contributed by atoms with Crippen molar-refractivity contribution in [3.63, 3.8) is 0 Å². The summed E-state index contributed by atoms with van der Waals surface area (Å²) in [7, 11) is 0. The molecule has 2 nitrogen and oxygen atoms in total. The SMILES string of the molecule is C1CCC2C(C1)CCNC2CN1CCCC1. The molecular weight excluding hydrogens is 196 g/mol. The van der Waals surface area contributed by atoms with Crippen LogP contribution in [0.5, 0.6) is 0 Å². The van der Waals surface area contributed by atoms with Crippen LogP contribution in [0.25, 0.3) is 0 Å². The lowest BCUT2D eigenvalue weighted by molar-refractivity contribution is 0.110. The molecule has 3 rings (SSSR count). The summed E-state index contributed by atoms with van der Waals surface area (Å²) in [5.74, 6) is 2.06. The number of piperidine rings is 1. The van der Waals surface area contributed by atoms with Gasteiger partial charge in [-0.3, -0.25) is 0 Å². The van der Waals surface area contributed by atoms with Crippen LogP contribution >= 0.6 is 0 Å². The normalized spacial score (nSPS) is 40.9. The first-order valence-corrected chi connectivity index (χ1v) is 7.39. The Morgan fingerprint density at radius 2 is 1.75 bits per heavy atom. The average Bonchev–Trinajstić information content (AvgIpc) is 2.82. The molecule has 2 aliphatic heterocycles. The highest BCUT2D eigenvalue weighted by molar-refractivity contribution is 4.91. The molecule has 1 saturated carbocycles. The van der Waals surface area contributed by atoms with Crippen LogP contribution in [-0.2, 0) is 0 Å². The summed E-state index contributed by atoms with van der Waals surface area (Å²) in [6.07, 6.45) is 10.3. The maximum atomic E-state index is 3.80. The third-order valence-electron chi connectivity index (χ3n) is 5.06. The third-order valence-corrected chi connectivity index (χ3v) is 5.06. The van der Waals surface area contributed by atoms with Crippen molar-refractivity contribution in [1.82, 2.24) is 10.2 Å². The molecule has 0 aromatic rings. The predicted octanol–water partition coefficient (Wildman–Crippen LogP) is 2.25. The minimum absolute atomic E-state index is 0.817. The Balaban J connectivity index is 1.59.